The van der Waals surface area contributed by atoms with Crippen LogP contribution in [0, 0.1) is 0 Å². The van der Waals surface area contributed by atoms with Crippen LogP contribution in [0.4, 0.5) is 0 Å². The van der Waals surface area contributed by atoms with E-state index in [2.05, 4.69) is 0 Å². The number of halogens is 1. The van der Waals surface area contributed by atoms with Gasteiger partial charge in [0.05, 0.1) is 11.6 Å². The van der Waals surface area contributed by atoms with Crippen molar-refractivity contribution in [2.75, 3.05) is 6.61 Å². The minimum absolute atomic E-state index is 0.204. The van der Waals surface area contributed by atoms with Gasteiger partial charge in [-0.25, -0.2) is 4.79 Å². The number of carbonyl (C=O) groups is 2. The Balaban J connectivity index is 2.34. The number of thiophene rings is 1. The van der Waals surface area contributed by atoms with E-state index in [1.807, 2.05) is 18.2 Å². The summed E-state index contributed by atoms with van der Waals surface area (Å²) in [6, 6.07) is 5.49. The number of ether oxygens (including phenoxy) is 2. The van der Waals surface area contributed by atoms with Crippen molar-refractivity contribution in [1.29, 1.82) is 0 Å². The van der Waals surface area contributed by atoms with Gasteiger partial charge in [-0.1, -0.05) is 23.7 Å². The van der Waals surface area contributed by atoms with Gasteiger partial charge in [0.25, 0.3) is 0 Å². The Morgan fingerprint density at radius 3 is 2.70 bits per heavy atom. The Morgan fingerprint density at radius 1 is 1.30 bits per heavy atom. The summed E-state index contributed by atoms with van der Waals surface area (Å²) in [4.78, 5) is 23.0. The molecule has 0 saturated heterocycles. The molecule has 0 amide bonds. The number of fused-ring (bicyclic) bond motifs is 1. The Hall–Kier alpha value is -1.59. The van der Waals surface area contributed by atoms with Crippen molar-refractivity contribution in [2.45, 2.75) is 20.5 Å². The fourth-order valence-electron chi connectivity index (χ4n) is 1.71. The third kappa shape index (κ3) is 3.11. The van der Waals surface area contributed by atoms with Crippen LogP contribution in [0.1, 0.15) is 29.1 Å². The van der Waals surface area contributed by atoms with E-state index >= 15 is 0 Å². The fraction of sp³-hybridized carbons (Fsp3) is 0.286. The van der Waals surface area contributed by atoms with Crippen molar-refractivity contribution < 1.29 is 19.1 Å². The summed E-state index contributed by atoms with van der Waals surface area (Å²) in [6.45, 7) is 3.62. The maximum atomic E-state index is 11.8. The normalized spacial score (nSPS) is 10.6. The van der Waals surface area contributed by atoms with E-state index in [1.165, 1.54) is 18.3 Å². The number of hydrogen-bond donors (Lipinski definition) is 0. The Labute approximate surface area is 125 Å². The summed E-state index contributed by atoms with van der Waals surface area (Å²) in [6.07, 6.45) is 0. The van der Waals surface area contributed by atoms with Crippen LogP contribution in [-0.2, 0) is 20.9 Å². The molecule has 2 aromatic rings. The summed E-state index contributed by atoms with van der Waals surface area (Å²) in [5.41, 5.74) is 0.848. The predicted molar refractivity (Wildman–Crippen MR) is 78.3 cm³/mol. The molecule has 20 heavy (non-hydrogen) atoms. The first-order chi connectivity index (χ1) is 9.52. The lowest BCUT2D eigenvalue weighted by atomic mass is 10.2. The molecule has 1 heterocycles. The number of rotatable bonds is 4. The molecule has 0 aliphatic rings. The summed E-state index contributed by atoms with van der Waals surface area (Å²) in [7, 11) is 0. The molecule has 0 bridgehead atoms. The van der Waals surface area contributed by atoms with Crippen LogP contribution in [0.5, 0.6) is 0 Å². The van der Waals surface area contributed by atoms with Gasteiger partial charge < -0.3 is 9.47 Å². The summed E-state index contributed by atoms with van der Waals surface area (Å²) in [5, 5.41) is 1.20. The van der Waals surface area contributed by atoms with Crippen molar-refractivity contribution in [3.8, 4) is 0 Å². The number of carbonyl (C=O) groups excluding carboxylic acids is 2. The average molecular weight is 313 g/mol. The average Bonchev–Trinajstić information content (AvgIpc) is 2.74. The molecule has 106 valence electrons. The molecule has 1 aromatic heterocycles. The molecule has 1 aromatic carbocycles. The van der Waals surface area contributed by atoms with Gasteiger partial charge in [0.15, 0.2) is 0 Å². The van der Waals surface area contributed by atoms with Crippen LogP contribution in [-0.4, -0.2) is 18.5 Å². The van der Waals surface area contributed by atoms with Crippen LogP contribution in [0.15, 0.2) is 18.2 Å². The second-order valence-corrected chi connectivity index (χ2v) is 5.51. The molecule has 0 N–H and O–H groups in total. The maximum absolute atomic E-state index is 11.8. The Kier molecular flexibility index (Phi) is 4.62. The van der Waals surface area contributed by atoms with Gasteiger partial charge >= 0.3 is 11.9 Å². The third-order valence-corrected chi connectivity index (χ3v) is 4.23. The van der Waals surface area contributed by atoms with Crippen LogP contribution in [0.25, 0.3) is 10.1 Å². The van der Waals surface area contributed by atoms with Gasteiger partial charge in [0, 0.05) is 17.0 Å². The van der Waals surface area contributed by atoms with Gasteiger partial charge in [-0.05, 0) is 18.6 Å². The van der Waals surface area contributed by atoms with Gasteiger partial charge in [-0.2, -0.15) is 0 Å². The zero-order chi connectivity index (χ0) is 14.7. The lowest BCUT2D eigenvalue weighted by Crippen LogP contribution is -2.02. The highest BCUT2D eigenvalue weighted by Gasteiger charge is 2.18. The number of esters is 2. The van der Waals surface area contributed by atoms with Gasteiger partial charge in [-0.15, -0.1) is 11.3 Å². The monoisotopic (exact) mass is 312 g/mol. The van der Waals surface area contributed by atoms with Gasteiger partial charge in [0.1, 0.15) is 11.5 Å². The SMILES string of the molecule is CCOC(=O)c1sc2cc(COC(C)=O)ccc2c1Cl. The summed E-state index contributed by atoms with van der Waals surface area (Å²) in [5.74, 6) is -0.748. The minimum Gasteiger partial charge on any atom is -0.462 e. The van der Waals surface area contributed by atoms with E-state index in [1.54, 1.807) is 6.92 Å². The maximum Gasteiger partial charge on any atom is 0.349 e. The molecule has 0 unspecified atom stereocenters. The molecule has 0 aliphatic heterocycles. The molecule has 0 saturated carbocycles. The second kappa shape index (κ2) is 6.24. The van der Waals surface area contributed by atoms with Crippen molar-refractivity contribution in [3.63, 3.8) is 0 Å². The number of benzene rings is 1. The molecule has 4 nitrogen and oxygen atoms in total. The van der Waals surface area contributed by atoms with E-state index in [0.29, 0.717) is 16.5 Å². The molecular weight excluding hydrogens is 300 g/mol. The molecular formula is C14H13ClO4S. The van der Waals surface area contributed by atoms with E-state index < -0.39 is 5.97 Å². The van der Waals surface area contributed by atoms with Crippen molar-refractivity contribution in [3.05, 3.63) is 33.7 Å². The van der Waals surface area contributed by atoms with E-state index in [0.717, 1.165) is 15.6 Å². The highest BCUT2D eigenvalue weighted by atomic mass is 35.5. The first-order valence-corrected chi connectivity index (χ1v) is 7.23. The summed E-state index contributed by atoms with van der Waals surface area (Å²) < 4.78 is 10.8. The summed E-state index contributed by atoms with van der Waals surface area (Å²) >= 11 is 7.47. The topological polar surface area (TPSA) is 52.6 Å². The molecule has 0 spiro atoms. The number of hydrogen-bond acceptors (Lipinski definition) is 5. The molecule has 0 fully saturated rings. The zero-order valence-corrected chi connectivity index (χ0v) is 12.6. The molecule has 6 heteroatoms. The lowest BCUT2D eigenvalue weighted by molar-refractivity contribution is -0.142. The van der Waals surface area contributed by atoms with Gasteiger partial charge in [0.2, 0.25) is 0 Å². The van der Waals surface area contributed by atoms with Crippen LogP contribution in [0.3, 0.4) is 0 Å². The van der Waals surface area contributed by atoms with Crippen molar-refractivity contribution in [2.24, 2.45) is 0 Å². The standard InChI is InChI=1S/C14H13ClO4S/c1-3-18-14(17)13-12(15)10-5-4-9(6-11(10)20-13)7-19-8(2)16/h4-6H,3,7H2,1-2H3. The second-order valence-electron chi connectivity index (χ2n) is 4.08. The molecule has 0 radical (unpaired) electrons. The first kappa shape index (κ1) is 14.8. The molecule has 2 rings (SSSR count). The van der Waals surface area contributed by atoms with E-state index in [9.17, 15) is 9.59 Å². The lowest BCUT2D eigenvalue weighted by Gasteiger charge is -2.01. The van der Waals surface area contributed by atoms with E-state index in [-0.39, 0.29) is 12.6 Å². The highest BCUT2D eigenvalue weighted by molar-refractivity contribution is 7.21. The molecule has 0 aliphatic carbocycles. The van der Waals surface area contributed by atoms with E-state index in [4.69, 9.17) is 21.1 Å². The largest absolute Gasteiger partial charge is 0.462 e. The van der Waals surface area contributed by atoms with Crippen molar-refractivity contribution >= 4 is 45.0 Å². The Morgan fingerprint density at radius 2 is 2.05 bits per heavy atom. The van der Waals surface area contributed by atoms with Crippen molar-refractivity contribution in [1.82, 2.24) is 0 Å². The van der Waals surface area contributed by atoms with Crippen LogP contribution >= 0.6 is 22.9 Å². The Bertz CT molecular complexity index is 662. The highest BCUT2D eigenvalue weighted by Crippen LogP contribution is 2.36. The molecule has 0 atom stereocenters. The minimum atomic E-state index is -0.416. The van der Waals surface area contributed by atoms with Crippen LogP contribution < -0.4 is 0 Å². The predicted octanol–water partition coefficient (Wildman–Crippen LogP) is 3.79. The van der Waals surface area contributed by atoms with Crippen LogP contribution in [0.2, 0.25) is 5.02 Å². The quantitative estimate of drug-likeness (QED) is 0.806. The fourth-order valence-corrected chi connectivity index (χ4v) is 3.18. The zero-order valence-electron chi connectivity index (χ0n) is 11.1. The smallest absolute Gasteiger partial charge is 0.349 e. The van der Waals surface area contributed by atoms with Gasteiger partial charge in [-0.3, -0.25) is 4.79 Å². The first-order valence-electron chi connectivity index (χ1n) is 6.04. The third-order valence-electron chi connectivity index (χ3n) is 2.60.